The van der Waals surface area contributed by atoms with Gasteiger partial charge in [0.2, 0.25) is 5.91 Å². The maximum absolute atomic E-state index is 12.4. The Bertz CT molecular complexity index is 784. The Hall–Kier alpha value is -2.82. The first kappa shape index (κ1) is 15.1. The van der Waals surface area contributed by atoms with E-state index in [2.05, 4.69) is 10.6 Å². The van der Waals surface area contributed by atoms with Gasteiger partial charge in [0.05, 0.1) is 7.11 Å². The highest BCUT2D eigenvalue weighted by atomic mass is 16.5. The van der Waals surface area contributed by atoms with E-state index in [-0.39, 0.29) is 11.8 Å². The van der Waals surface area contributed by atoms with Crippen LogP contribution in [0.2, 0.25) is 0 Å². The van der Waals surface area contributed by atoms with E-state index < -0.39 is 0 Å². The fraction of sp³-hybridized carbons (Fsp3) is 0.222. The van der Waals surface area contributed by atoms with Crippen molar-refractivity contribution in [1.29, 1.82) is 0 Å². The fourth-order valence-electron chi connectivity index (χ4n) is 2.68. The molecule has 1 aliphatic heterocycles. The molecule has 2 amide bonds. The summed E-state index contributed by atoms with van der Waals surface area (Å²) in [5, 5.41) is 5.70. The lowest BCUT2D eigenvalue weighted by Crippen LogP contribution is -2.20. The number of ether oxygens (including phenoxy) is 1. The molecule has 5 nitrogen and oxygen atoms in total. The molecule has 0 saturated heterocycles. The average Bonchev–Trinajstić information content (AvgIpc) is 2.54. The minimum atomic E-state index is -0.172. The van der Waals surface area contributed by atoms with Crippen molar-refractivity contribution in [3.05, 3.63) is 53.1 Å². The van der Waals surface area contributed by atoms with Crippen LogP contribution in [0.5, 0.6) is 5.75 Å². The Labute approximate surface area is 134 Å². The number of anilines is 2. The molecule has 5 heteroatoms. The van der Waals surface area contributed by atoms with E-state index in [1.165, 1.54) is 0 Å². The highest BCUT2D eigenvalue weighted by molar-refractivity contribution is 6.05. The van der Waals surface area contributed by atoms with Crippen molar-refractivity contribution >= 4 is 23.2 Å². The van der Waals surface area contributed by atoms with E-state index >= 15 is 0 Å². The van der Waals surface area contributed by atoms with Crippen molar-refractivity contribution in [2.24, 2.45) is 0 Å². The molecule has 0 atom stereocenters. The first-order valence-corrected chi connectivity index (χ1v) is 7.45. The number of amides is 2. The minimum absolute atomic E-state index is 0.0170. The standard InChI is InChI=1S/C18H18N2O3/c1-11-9-14(5-7-16(11)23-2)19-18(22)13-3-6-15-12(10-13)4-8-17(21)20-15/h3,5-7,9-10H,4,8H2,1-2H3,(H,19,22)(H,20,21). The number of methoxy groups -OCH3 is 1. The SMILES string of the molecule is COc1ccc(NC(=O)c2ccc3c(c2)CCC(=O)N3)cc1C. The molecule has 0 radical (unpaired) electrons. The average molecular weight is 310 g/mol. The van der Waals surface area contributed by atoms with Gasteiger partial charge in [-0.2, -0.15) is 0 Å². The number of nitrogens with one attached hydrogen (secondary N) is 2. The number of benzene rings is 2. The summed E-state index contributed by atoms with van der Waals surface area (Å²) in [7, 11) is 1.62. The van der Waals surface area contributed by atoms with Crippen molar-refractivity contribution < 1.29 is 14.3 Å². The third-order valence-corrected chi connectivity index (χ3v) is 3.92. The molecule has 3 rings (SSSR count). The van der Waals surface area contributed by atoms with Crippen molar-refractivity contribution in [1.82, 2.24) is 0 Å². The molecule has 23 heavy (non-hydrogen) atoms. The lowest BCUT2D eigenvalue weighted by Gasteiger charge is -2.17. The minimum Gasteiger partial charge on any atom is -0.496 e. The summed E-state index contributed by atoms with van der Waals surface area (Å²) < 4.78 is 5.21. The summed E-state index contributed by atoms with van der Waals surface area (Å²) in [4.78, 5) is 23.8. The molecule has 0 unspecified atom stereocenters. The number of fused-ring (bicyclic) bond motifs is 1. The lowest BCUT2D eigenvalue weighted by molar-refractivity contribution is -0.116. The van der Waals surface area contributed by atoms with Gasteiger partial charge in [-0.25, -0.2) is 0 Å². The Morgan fingerprint density at radius 3 is 2.74 bits per heavy atom. The normalized spacial score (nSPS) is 13.0. The first-order valence-electron chi connectivity index (χ1n) is 7.45. The molecule has 0 saturated carbocycles. The third-order valence-electron chi connectivity index (χ3n) is 3.92. The van der Waals surface area contributed by atoms with E-state index in [0.717, 1.165) is 28.3 Å². The predicted molar refractivity (Wildman–Crippen MR) is 89.1 cm³/mol. The van der Waals surface area contributed by atoms with Gasteiger partial charge >= 0.3 is 0 Å². The summed E-state index contributed by atoms with van der Waals surface area (Å²) in [6, 6.07) is 10.8. The van der Waals surface area contributed by atoms with Crippen molar-refractivity contribution in [2.45, 2.75) is 19.8 Å². The van der Waals surface area contributed by atoms with E-state index in [1.807, 2.05) is 31.2 Å². The van der Waals surface area contributed by atoms with Crippen LogP contribution in [-0.2, 0) is 11.2 Å². The molecule has 0 fully saturated rings. The van der Waals surface area contributed by atoms with Gasteiger partial charge in [-0.3, -0.25) is 9.59 Å². The summed E-state index contributed by atoms with van der Waals surface area (Å²) in [5.41, 5.74) is 4.03. The van der Waals surface area contributed by atoms with Crippen molar-refractivity contribution in [3.8, 4) is 5.75 Å². The van der Waals surface area contributed by atoms with Crippen LogP contribution in [0.1, 0.15) is 27.9 Å². The molecule has 2 aromatic carbocycles. The molecule has 0 aromatic heterocycles. The highest BCUT2D eigenvalue weighted by Crippen LogP contribution is 2.25. The number of hydrogen-bond donors (Lipinski definition) is 2. The molecule has 1 heterocycles. The Morgan fingerprint density at radius 1 is 1.17 bits per heavy atom. The predicted octanol–water partition coefficient (Wildman–Crippen LogP) is 3.14. The van der Waals surface area contributed by atoms with E-state index in [0.29, 0.717) is 18.4 Å². The van der Waals surface area contributed by atoms with Crippen LogP contribution in [0.25, 0.3) is 0 Å². The molecular formula is C18H18N2O3. The van der Waals surface area contributed by atoms with E-state index in [9.17, 15) is 9.59 Å². The topological polar surface area (TPSA) is 67.4 Å². The van der Waals surface area contributed by atoms with Crippen LogP contribution in [0, 0.1) is 6.92 Å². The number of aryl methyl sites for hydroxylation is 2. The molecular weight excluding hydrogens is 292 g/mol. The maximum atomic E-state index is 12.4. The Morgan fingerprint density at radius 2 is 2.00 bits per heavy atom. The monoisotopic (exact) mass is 310 g/mol. The van der Waals surface area contributed by atoms with Crippen LogP contribution in [-0.4, -0.2) is 18.9 Å². The summed E-state index contributed by atoms with van der Waals surface area (Å²) in [6.07, 6.45) is 1.11. The van der Waals surface area contributed by atoms with Crippen molar-refractivity contribution in [3.63, 3.8) is 0 Å². The zero-order valence-electron chi connectivity index (χ0n) is 13.1. The van der Waals surface area contributed by atoms with Gasteiger partial charge in [-0.1, -0.05) is 0 Å². The molecule has 1 aliphatic rings. The molecule has 2 N–H and O–H groups in total. The highest BCUT2D eigenvalue weighted by Gasteiger charge is 2.16. The largest absolute Gasteiger partial charge is 0.496 e. The second-order valence-electron chi connectivity index (χ2n) is 5.56. The van der Waals surface area contributed by atoms with Gasteiger partial charge in [0, 0.05) is 23.4 Å². The van der Waals surface area contributed by atoms with Crippen LogP contribution < -0.4 is 15.4 Å². The number of carbonyl (C=O) groups is 2. The maximum Gasteiger partial charge on any atom is 0.255 e. The zero-order chi connectivity index (χ0) is 16.4. The lowest BCUT2D eigenvalue weighted by atomic mass is 10.00. The second-order valence-corrected chi connectivity index (χ2v) is 5.56. The van der Waals surface area contributed by atoms with Gasteiger partial charge in [0.1, 0.15) is 5.75 Å². The molecule has 0 bridgehead atoms. The van der Waals surface area contributed by atoms with Crippen molar-refractivity contribution in [2.75, 3.05) is 17.7 Å². The zero-order valence-corrected chi connectivity index (χ0v) is 13.1. The van der Waals surface area contributed by atoms with Gasteiger partial charge in [0.15, 0.2) is 0 Å². The van der Waals surface area contributed by atoms with Crippen LogP contribution in [0.15, 0.2) is 36.4 Å². The molecule has 118 valence electrons. The molecule has 0 spiro atoms. The molecule has 2 aromatic rings. The summed E-state index contributed by atoms with van der Waals surface area (Å²) in [6.45, 7) is 1.93. The number of hydrogen-bond acceptors (Lipinski definition) is 3. The number of carbonyl (C=O) groups excluding carboxylic acids is 2. The Kier molecular flexibility index (Phi) is 4.02. The Balaban J connectivity index is 1.78. The quantitative estimate of drug-likeness (QED) is 0.915. The number of rotatable bonds is 3. The van der Waals surface area contributed by atoms with Crippen LogP contribution in [0.3, 0.4) is 0 Å². The van der Waals surface area contributed by atoms with Gasteiger partial charge < -0.3 is 15.4 Å². The summed E-state index contributed by atoms with van der Waals surface area (Å²) in [5.74, 6) is 0.630. The second kappa shape index (κ2) is 6.12. The van der Waals surface area contributed by atoms with E-state index in [4.69, 9.17) is 4.74 Å². The molecule has 0 aliphatic carbocycles. The van der Waals surface area contributed by atoms with Gasteiger partial charge in [0.25, 0.3) is 5.91 Å². The van der Waals surface area contributed by atoms with Crippen LogP contribution >= 0.6 is 0 Å². The fourth-order valence-corrected chi connectivity index (χ4v) is 2.68. The van der Waals surface area contributed by atoms with E-state index in [1.54, 1.807) is 19.2 Å². The van der Waals surface area contributed by atoms with Crippen LogP contribution in [0.4, 0.5) is 11.4 Å². The summed E-state index contributed by atoms with van der Waals surface area (Å²) >= 11 is 0. The smallest absolute Gasteiger partial charge is 0.255 e. The third kappa shape index (κ3) is 3.18. The van der Waals surface area contributed by atoms with Gasteiger partial charge in [-0.05, 0) is 60.9 Å². The first-order chi connectivity index (χ1) is 11.1. The van der Waals surface area contributed by atoms with Gasteiger partial charge in [-0.15, -0.1) is 0 Å².